The maximum atomic E-state index is 14.0. The van der Waals surface area contributed by atoms with E-state index in [0.29, 0.717) is 30.8 Å². The van der Waals surface area contributed by atoms with Gasteiger partial charge in [0.05, 0.1) is 30.8 Å². The molecule has 0 spiro atoms. The number of halogens is 2. The van der Waals surface area contributed by atoms with Crippen molar-refractivity contribution in [3.05, 3.63) is 71.6 Å². The predicted octanol–water partition coefficient (Wildman–Crippen LogP) is 3.65. The van der Waals surface area contributed by atoms with Crippen LogP contribution in [0.5, 0.6) is 0 Å². The number of nitrogens with one attached hydrogen (secondary N) is 3. The molecule has 1 aliphatic rings. The highest BCUT2D eigenvalue weighted by atomic mass is 19.1. The van der Waals surface area contributed by atoms with Crippen LogP contribution in [0.1, 0.15) is 20.8 Å². The summed E-state index contributed by atoms with van der Waals surface area (Å²) in [6.45, 7) is 2.95. The zero-order valence-electron chi connectivity index (χ0n) is 18.3. The molecule has 35 heavy (non-hydrogen) atoms. The molecule has 0 atom stereocenters. The van der Waals surface area contributed by atoms with Crippen molar-refractivity contribution in [2.45, 2.75) is 0 Å². The van der Waals surface area contributed by atoms with E-state index in [1.165, 1.54) is 12.3 Å². The van der Waals surface area contributed by atoms with E-state index in [1.54, 1.807) is 0 Å². The summed E-state index contributed by atoms with van der Waals surface area (Å²) in [6, 6.07) is 10.8. The van der Waals surface area contributed by atoms with Crippen molar-refractivity contribution >= 4 is 23.6 Å². The smallest absolute Gasteiger partial charge is 0.261 e. The first-order valence-electron chi connectivity index (χ1n) is 10.8. The molecule has 4 aromatic rings. The molecule has 3 heterocycles. The molecule has 0 aliphatic carbocycles. The molecule has 178 valence electrons. The number of hydrogen-bond donors (Lipinski definition) is 3. The van der Waals surface area contributed by atoms with Crippen LogP contribution in [0.2, 0.25) is 0 Å². The Hall–Kier alpha value is -4.38. The van der Waals surface area contributed by atoms with E-state index in [0.717, 1.165) is 30.9 Å². The molecule has 0 saturated carbocycles. The Kier molecular flexibility index (Phi) is 6.06. The summed E-state index contributed by atoms with van der Waals surface area (Å²) < 4.78 is 33.4. The minimum atomic E-state index is -0.989. The average Bonchev–Trinajstić information content (AvgIpc) is 3.51. The summed E-state index contributed by atoms with van der Waals surface area (Å²) in [5, 5.41) is 9.04. The van der Waals surface area contributed by atoms with Crippen LogP contribution in [0.4, 0.5) is 20.2 Å². The zero-order chi connectivity index (χ0) is 24.4. The number of aldehydes is 1. The fraction of sp³-hybridized carbons (Fsp3) is 0.167. The summed E-state index contributed by atoms with van der Waals surface area (Å²) in [7, 11) is 0. The summed E-state index contributed by atoms with van der Waals surface area (Å²) in [6.07, 6.45) is 1.93. The number of carbonyl (C=O) groups excluding carboxylic acids is 2. The average molecular weight is 478 g/mol. The maximum absolute atomic E-state index is 14.0. The van der Waals surface area contributed by atoms with Crippen molar-refractivity contribution in [3.63, 3.8) is 0 Å². The largest absolute Gasteiger partial charge is 0.378 e. The number of aromatic nitrogens is 4. The molecule has 1 fully saturated rings. The minimum Gasteiger partial charge on any atom is -0.378 e. The number of benzene rings is 2. The number of aromatic amines is 2. The van der Waals surface area contributed by atoms with Crippen molar-refractivity contribution < 1.29 is 23.1 Å². The van der Waals surface area contributed by atoms with Crippen LogP contribution in [-0.4, -0.2) is 58.7 Å². The van der Waals surface area contributed by atoms with Crippen LogP contribution >= 0.6 is 0 Å². The SMILES string of the molecule is O=Cc1[nH]c(-c2[nH]ncc2NC(=O)c2c(F)cccc2F)nc1-c1ccc(N2CCOCC2)cc1. The second-order valence-corrected chi connectivity index (χ2v) is 7.82. The number of rotatable bonds is 6. The maximum Gasteiger partial charge on any atom is 0.261 e. The molecule has 0 radical (unpaired) electrons. The highest BCUT2D eigenvalue weighted by Crippen LogP contribution is 2.30. The Balaban J connectivity index is 1.42. The van der Waals surface area contributed by atoms with Crippen molar-refractivity contribution in [2.75, 3.05) is 36.5 Å². The van der Waals surface area contributed by atoms with Gasteiger partial charge in [-0.3, -0.25) is 14.7 Å². The van der Waals surface area contributed by atoms with Gasteiger partial charge in [-0.2, -0.15) is 5.10 Å². The molecule has 1 saturated heterocycles. The van der Waals surface area contributed by atoms with Crippen LogP contribution < -0.4 is 10.2 Å². The molecule has 0 bridgehead atoms. The number of H-pyrrole nitrogens is 2. The lowest BCUT2D eigenvalue weighted by Gasteiger charge is -2.28. The van der Waals surface area contributed by atoms with E-state index in [2.05, 4.69) is 30.4 Å². The molecule has 2 aromatic heterocycles. The predicted molar refractivity (Wildman–Crippen MR) is 124 cm³/mol. The normalized spacial score (nSPS) is 13.6. The van der Waals surface area contributed by atoms with Gasteiger partial charge < -0.3 is 19.9 Å². The first-order chi connectivity index (χ1) is 17.0. The third-order valence-electron chi connectivity index (χ3n) is 5.68. The molecular formula is C24H20F2N6O3. The summed E-state index contributed by atoms with van der Waals surface area (Å²) in [5.41, 5.74) is 2.06. The number of morpholine rings is 1. The van der Waals surface area contributed by atoms with E-state index in [-0.39, 0.29) is 22.9 Å². The zero-order valence-corrected chi connectivity index (χ0v) is 18.3. The Morgan fingerprint density at radius 3 is 2.49 bits per heavy atom. The lowest BCUT2D eigenvalue weighted by Crippen LogP contribution is -2.36. The van der Waals surface area contributed by atoms with Gasteiger partial charge in [-0.1, -0.05) is 18.2 Å². The van der Waals surface area contributed by atoms with Gasteiger partial charge in [0, 0.05) is 24.3 Å². The molecule has 0 unspecified atom stereocenters. The van der Waals surface area contributed by atoms with Crippen molar-refractivity contribution in [1.82, 2.24) is 20.2 Å². The van der Waals surface area contributed by atoms with Crippen molar-refractivity contribution in [1.29, 1.82) is 0 Å². The quantitative estimate of drug-likeness (QED) is 0.365. The van der Waals surface area contributed by atoms with Gasteiger partial charge in [0.25, 0.3) is 5.91 Å². The Bertz CT molecular complexity index is 1360. The molecule has 1 amide bonds. The lowest BCUT2D eigenvalue weighted by atomic mass is 10.1. The number of anilines is 2. The minimum absolute atomic E-state index is 0.137. The second kappa shape index (κ2) is 9.47. The van der Waals surface area contributed by atoms with Gasteiger partial charge >= 0.3 is 0 Å². The van der Waals surface area contributed by atoms with Gasteiger partial charge in [0.1, 0.15) is 28.6 Å². The third-order valence-corrected chi connectivity index (χ3v) is 5.68. The fourth-order valence-corrected chi connectivity index (χ4v) is 3.92. The van der Waals surface area contributed by atoms with Gasteiger partial charge in [-0.25, -0.2) is 13.8 Å². The molecule has 11 heteroatoms. The summed E-state index contributed by atoms with van der Waals surface area (Å²) in [4.78, 5) is 33.9. The lowest BCUT2D eigenvalue weighted by molar-refractivity contribution is 0.101. The number of amides is 1. The van der Waals surface area contributed by atoms with Crippen LogP contribution in [-0.2, 0) is 4.74 Å². The number of nitrogens with zero attached hydrogens (tertiary/aromatic N) is 3. The van der Waals surface area contributed by atoms with E-state index < -0.39 is 23.1 Å². The molecule has 2 aromatic carbocycles. The topological polar surface area (TPSA) is 116 Å². The number of hydrogen-bond acceptors (Lipinski definition) is 6. The highest BCUT2D eigenvalue weighted by Gasteiger charge is 2.22. The monoisotopic (exact) mass is 478 g/mol. The van der Waals surface area contributed by atoms with Crippen LogP contribution in [0, 0.1) is 11.6 Å². The molecule has 5 rings (SSSR count). The molecule has 1 aliphatic heterocycles. The highest BCUT2D eigenvalue weighted by molar-refractivity contribution is 6.06. The molecule has 3 N–H and O–H groups in total. The number of ether oxygens (including phenoxy) is 1. The Morgan fingerprint density at radius 1 is 1.09 bits per heavy atom. The summed E-state index contributed by atoms with van der Waals surface area (Å²) in [5.74, 6) is -2.74. The third kappa shape index (κ3) is 4.41. The van der Waals surface area contributed by atoms with Crippen LogP contribution in [0.25, 0.3) is 22.8 Å². The van der Waals surface area contributed by atoms with E-state index in [9.17, 15) is 18.4 Å². The Morgan fingerprint density at radius 2 is 1.80 bits per heavy atom. The van der Waals surface area contributed by atoms with Gasteiger partial charge in [-0.15, -0.1) is 0 Å². The van der Waals surface area contributed by atoms with Crippen molar-refractivity contribution in [2.24, 2.45) is 0 Å². The van der Waals surface area contributed by atoms with Gasteiger partial charge in [0.15, 0.2) is 12.1 Å². The molecule has 9 nitrogen and oxygen atoms in total. The van der Waals surface area contributed by atoms with Crippen LogP contribution in [0.3, 0.4) is 0 Å². The standard InChI is InChI=1S/C24H20F2N6O3/c25-16-2-1-3-17(26)20(16)24(34)29-18-12-27-31-22(18)23-28-19(13-33)21(30-23)14-4-6-15(7-5-14)32-8-10-35-11-9-32/h1-7,12-13H,8-11H2,(H,27,31)(H,28,30)(H,29,34). The number of imidazole rings is 1. The second-order valence-electron chi connectivity index (χ2n) is 7.82. The van der Waals surface area contributed by atoms with Gasteiger partial charge in [0.2, 0.25) is 0 Å². The summed E-state index contributed by atoms with van der Waals surface area (Å²) >= 11 is 0. The first-order valence-corrected chi connectivity index (χ1v) is 10.8. The Labute approximate surface area is 198 Å². The molecular weight excluding hydrogens is 458 g/mol. The number of carbonyl (C=O) groups is 2. The van der Waals surface area contributed by atoms with E-state index >= 15 is 0 Å². The fourth-order valence-electron chi connectivity index (χ4n) is 3.92. The van der Waals surface area contributed by atoms with E-state index in [1.807, 2.05) is 24.3 Å². The van der Waals surface area contributed by atoms with E-state index in [4.69, 9.17) is 4.74 Å². The first kappa shape index (κ1) is 22.4. The van der Waals surface area contributed by atoms with Crippen LogP contribution in [0.15, 0.2) is 48.7 Å². The van der Waals surface area contributed by atoms with Crippen molar-refractivity contribution in [3.8, 4) is 22.8 Å². The van der Waals surface area contributed by atoms with Gasteiger partial charge in [-0.05, 0) is 24.3 Å².